The van der Waals surface area contributed by atoms with Crippen molar-refractivity contribution in [2.75, 3.05) is 18.4 Å². The molecule has 2 N–H and O–H groups in total. The van der Waals surface area contributed by atoms with Gasteiger partial charge >= 0.3 is 5.97 Å². The lowest BCUT2D eigenvalue weighted by molar-refractivity contribution is -0.143. The van der Waals surface area contributed by atoms with E-state index in [-0.39, 0.29) is 5.92 Å². The summed E-state index contributed by atoms with van der Waals surface area (Å²) in [5.41, 5.74) is 2.03. The van der Waals surface area contributed by atoms with Crippen LogP contribution in [0.5, 0.6) is 11.6 Å². The van der Waals surface area contributed by atoms with Crippen molar-refractivity contribution in [3.05, 3.63) is 36.2 Å². The van der Waals surface area contributed by atoms with E-state index in [2.05, 4.69) is 26.3 Å². The number of benzene rings is 1. The quantitative estimate of drug-likeness (QED) is 0.765. The third kappa shape index (κ3) is 2.90. The Balaban J connectivity index is 1.45. The second kappa shape index (κ2) is 6.09. The molecular formula is C17H18N4O3. The monoisotopic (exact) mass is 326 g/mol. The van der Waals surface area contributed by atoms with Gasteiger partial charge in [0.15, 0.2) is 11.6 Å². The molecule has 4 rings (SSSR count). The number of carboxylic acid groups (broad SMARTS) is 1. The maximum Gasteiger partial charge on any atom is 0.306 e. The van der Waals surface area contributed by atoms with Crippen LogP contribution in [0.15, 0.2) is 30.6 Å². The van der Waals surface area contributed by atoms with E-state index in [1.807, 2.05) is 12.1 Å². The van der Waals surface area contributed by atoms with Crippen molar-refractivity contribution in [3.63, 3.8) is 0 Å². The molecule has 0 saturated carbocycles. The summed E-state index contributed by atoms with van der Waals surface area (Å²) in [6, 6.07) is 6.01. The van der Waals surface area contributed by atoms with E-state index in [9.17, 15) is 4.79 Å². The Morgan fingerprint density at radius 3 is 2.88 bits per heavy atom. The average Bonchev–Trinajstić information content (AvgIpc) is 2.60. The van der Waals surface area contributed by atoms with Crippen molar-refractivity contribution in [1.29, 1.82) is 0 Å². The lowest BCUT2D eigenvalue weighted by Crippen LogP contribution is -2.35. The Kier molecular flexibility index (Phi) is 3.78. The van der Waals surface area contributed by atoms with E-state index in [4.69, 9.17) is 9.84 Å². The highest BCUT2D eigenvalue weighted by atomic mass is 16.5. The topological polar surface area (TPSA) is 87.6 Å². The number of piperidine rings is 1. The maximum absolute atomic E-state index is 11.0. The van der Waals surface area contributed by atoms with Gasteiger partial charge in [0.25, 0.3) is 5.88 Å². The predicted octanol–water partition coefficient (Wildman–Crippen LogP) is 2.62. The summed E-state index contributed by atoms with van der Waals surface area (Å²) in [7, 11) is 0. The van der Waals surface area contributed by atoms with Crippen LogP contribution in [0.4, 0.5) is 11.5 Å². The van der Waals surface area contributed by atoms with Crippen LogP contribution in [0.1, 0.15) is 18.4 Å². The standard InChI is InChI=1S/C17H18N4O3/c22-17(23)12-3-7-21(8-4-12)10-11-1-2-14-13(9-11)20-15-16(24-14)19-6-5-18-15/h1-2,5-6,9,12H,3-4,7-8,10H2,(H,18,20)(H,22,23). The van der Waals surface area contributed by atoms with Crippen molar-refractivity contribution in [2.24, 2.45) is 5.92 Å². The summed E-state index contributed by atoms with van der Waals surface area (Å²) in [5.74, 6) is 0.953. The molecule has 0 unspecified atom stereocenters. The zero-order valence-corrected chi connectivity index (χ0v) is 13.1. The normalized spacial score (nSPS) is 17.3. The lowest BCUT2D eigenvalue weighted by Gasteiger charge is -2.30. The van der Waals surface area contributed by atoms with Gasteiger partial charge in [0.1, 0.15) is 0 Å². The molecule has 1 aromatic heterocycles. The maximum atomic E-state index is 11.0. The van der Waals surface area contributed by atoms with Gasteiger partial charge < -0.3 is 15.2 Å². The molecule has 7 nitrogen and oxygen atoms in total. The molecule has 124 valence electrons. The van der Waals surface area contributed by atoms with Crippen LogP contribution in [0.2, 0.25) is 0 Å². The van der Waals surface area contributed by atoms with Gasteiger partial charge in [-0.05, 0) is 43.6 Å². The number of anilines is 2. The SMILES string of the molecule is O=C(O)C1CCN(Cc2ccc3c(c2)Nc2nccnc2O3)CC1. The molecule has 0 atom stereocenters. The molecule has 1 saturated heterocycles. The van der Waals surface area contributed by atoms with Crippen LogP contribution in [0.25, 0.3) is 0 Å². The Morgan fingerprint density at radius 1 is 1.29 bits per heavy atom. The third-order valence-corrected chi connectivity index (χ3v) is 4.51. The van der Waals surface area contributed by atoms with Crippen LogP contribution in [-0.4, -0.2) is 39.0 Å². The van der Waals surface area contributed by atoms with Crippen LogP contribution in [0, 0.1) is 5.92 Å². The smallest absolute Gasteiger partial charge is 0.306 e. The zero-order chi connectivity index (χ0) is 16.5. The van der Waals surface area contributed by atoms with Crippen molar-refractivity contribution in [3.8, 4) is 11.6 Å². The first kappa shape index (κ1) is 14.9. The summed E-state index contributed by atoms with van der Waals surface area (Å²) in [4.78, 5) is 21.7. The van der Waals surface area contributed by atoms with Gasteiger partial charge in [0.05, 0.1) is 11.6 Å². The molecular weight excluding hydrogens is 308 g/mol. The number of carboxylic acids is 1. The largest absolute Gasteiger partial charge is 0.481 e. The molecule has 24 heavy (non-hydrogen) atoms. The number of nitrogens with zero attached hydrogens (tertiary/aromatic N) is 3. The minimum atomic E-state index is -0.676. The molecule has 1 aromatic carbocycles. The molecule has 2 aliphatic heterocycles. The number of nitrogens with one attached hydrogen (secondary N) is 1. The third-order valence-electron chi connectivity index (χ3n) is 4.51. The fourth-order valence-corrected chi connectivity index (χ4v) is 3.18. The zero-order valence-electron chi connectivity index (χ0n) is 13.1. The molecule has 0 bridgehead atoms. The van der Waals surface area contributed by atoms with Gasteiger partial charge in [-0.1, -0.05) is 6.07 Å². The highest BCUT2D eigenvalue weighted by Crippen LogP contribution is 2.39. The fraction of sp³-hybridized carbons (Fsp3) is 0.353. The van der Waals surface area contributed by atoms with E-state index in [0.717, 1.165) is 36.6 Å². The summed E-state index contributed by atoms with van der Waals surface area (Å²) in [6.07, 6.45) is 4.65. The van der Waals surface area contributed by atoms with Crippen molar-refractivity contribution >= 4 is 17.5 Å². The molecule has 1 fully saturated rings. The Morgan fingerprint density at radius 2 is 2.08 bits per heavy atom. The van der Waals surface area contributed by atoms with Gasteiger partial charge in [-0.25, -0.2) is 9.97 Å². The highest BCUT2D eigenvalue weighted by Gasteiger charge is 2.25. The Labute approximate surface area is 139 Å². The van der Waals surface area contributed by atoms with Crippen molar-refractivity contribution in [1.82, 2.24) is 14.9 Å². The van der Waals surface area contributed by atoms with Crippen LogP contribution < -0.4 is 10.1 Å². The second-order valence-corrected chi connectivity index (χ2v) is 6.16. The summed E-state index contributed by atoms with van der Waals surface area (Å²) in [5, 5.41) is 12.3. The number of carbonyl (C=O) groups is 1. The minimum Gasteiger partial charge on any atom is -0.481 e. The van der Waals surface area contributed by atoms with Crippen molar-refractivity contribution in [2.45, 2.75) is 19.4 Å². The number of hydrogen-bond acceptors (Lipinski definition) is 6. The molecule has 3 heterocycles. The van der Waals surface area contributed by atoms with E-state index < -0.39 is 5.97 Å². The lowest BCUT2D eigenvalue weighted by atomic mass is 9.97. The van der Waals surface area contributed by atoms with E-state index in [0.29, 0.717) is 24.5 Å². The van der Waals surface area contributed by atoms with E-state index in [1.165, 1.54) is 0 Å². The number of aliphatic carboxylic acids is 1. The number of likely N-dealkylation sites (tertiary alicyclic amines) is 1. The van der Waals surface area contributed by atoms with Crippen LogP contribution >= 0.6 is 0 Å². The summed E-state index contributed by atoms with van der Waals surface area (Å²) >= 11 is 0. The number of ether oxygens (including phenoxy) is 1. The molecule has 0 amide bonds. The number of aromatic nitrogens is 2. The first-order valence-electron chi connectivity index (χ1n) is 8.03. The first-order valence-corrected chi connectivity index (χ1v) is 8.03. The van der Waals surface area contributed by atoms with Gasteiger partial charge in [0.2, 0.25) is 0 Å². The molecule has 2 aliphatic rings. The van der Waals surface area contributed by atoms with Gasteiger partial charge in [0, 0.05) is 18.9 Å². The van der Waals surface area contributed by atoms with E-state index in [1.54, 1.807) is 12.4 Å². The first-order chi connectivity index (χ1) is 11.7. The molecule has 0 spiro atoms. The van der Waals surface area contributed by atoms with Crippen LogP contribution in [-0.2, 0) is 11.3 Å². The predicted molar refractivity (Wildman–Crippen MR) is 87.5 cm³/mol. The van der Waals surface area contributed by atoms with Gasteiger partial charge in [-0.2, -0.15) is 0 Å². The Bertz CT molecular complexity index is 772. The number of fused-ring (bicyclic) bond motifs is 2. The average molecular weight is 326 g/mol. The minimum absolute atomic E-state index is 0.199. The van der Waals surface area contributed by atoms with Gasteiger partial charge in [-0.15, -0.1) is 0 Å². The molecule has 0 radical (unpaired) electrons. The van der Waals surface area contributed by atoms with Crippen LogP contribution in [0.3, 0.4) is 0 Å². The summed E-state index contributed by atoms with van der Waals surface area (Å²) in [6.45, 7) is 2.42. The van der Waals surface area contributed by atoms with Gasteiger partial charge in [-0.3, -0.25) is 9.69 Å². The van der Waals surface area contributed by atoms with E-state index >= 15 is 0 Å². The highest BCUT2D eigenvalue weighted by molar-refractivity contribution is 5.72. The second-order valence-electron chi connectivity index (χ2n) is 6.16. The van der Waals surface area contributed by atoms with Crippen molar-refractivity contribution < 1.29 is 14.6 Å². The summed E-state index contributed by atoms with van der Waals surface area (Å²) < 4.78 is 5.75. The molecule has 0 aliphatic carbocycles. The Hall–Kier alpha value is -2.67. The number of hydrogen-bond donors (Lipinski definition) is 2. The fourth-order valence-electron chi connectivity index (χ4n) is 3.18. The number of rotatable bonds is 3. The molecule has 7 heteroatoms. The molecule has 2 aromatic rings.